The average Bonchev–Trinajstić information content (AvgIpc) is 2.30. The second-order valence-corrected chi connectivity index (χ2v) is 5.11. The first-order chi connectivity index (χ1) is 8.95. The van der Waals surface area contributed by atoms with Crippen LogP contribution in [0.3, 0.4) is 0 Å². The zero-order chi connectivity index (χ0) is 14.0. The van der Waals surface area contributed by atoms with Crippen LogP contribution in [0.2, 0.25) is 0 Å². The van der Waals surface area contributed by atoms with Crippen LogP contribution in [-0.2, 0) is 6.42 Å². The number of nitrogens with two attached hydrogens (primary N) is 1. The Morgan fingerprint density at radius 1 is 0.947 bits per heavy atom. The van der Waals surface area contributed by atoms with Gasteiger partial charge in [-0.3, -0.25) is 0 Å². The quantitative estimate of drug-likeness (QED) is 0.901. The molecule has 2 rings (SSSR count). The molecule has 2 N–H and O–H groups in total. The number of hydrogen-bond acceptors (Lipinski definition) is 1. The van der Waals surface area contributed by atoms with Gasteiger partial charge in [-0.15, -0.1) is 0 Å². The number of halogens is 4. The van der Waals surface area contributed by atoms with E-state index in [0.717, 1.165) is 6.07 Å². The second-order valence-electron chi connectivity index (χ2n) is 4.25. The van der Waals surface area contributed by atoms with Gasteiger partial charge in [0.25, 0.3) is 0 Å². The van der Waals surface area contributed by atoms with Crippen molar-refractivity contribution in [2.75, 3.05) is 0 Å². The van der Waals surface area contributed by atoms with E-state index >= 15 is 0 Å². The fraction of sp³-hybridized carbons (Fsp3) is 0.143. The maximum Gasteiger partial charge on any atom is 0.126 e. The molecule has 100 valence electrons. The molecule has 0 aliphatic carbocycles. The molecule has 0 bridgehead atoms. The summed E-state index contributed by atoms with van der Waals surface area (Å²) in [5.74, 6) is -1.71. The van der Waals surface area contributed by atoms with Crippen LogP contribution in [0.15, 0.2) is 40.9 Å². The zero-order valence-electron chi connectivity index (χ0n) is 9.84. The predicted molar refractivity (Wildman–Crippen MR) is 71.1 cm³/mol. The molecule has 0 spiro atoms. The maximum absolute atomic E-state index is 13.2. The van der Waals surface area contributed by atoms with Crippen molar-refractivity contribution in [1.29, 1.82) is 0 Å². The Bertz CT molecular complexity index is 581. The van der Waals surface area contributed by atoms with Crippen molar-refractivity contribution in [3.8, 4) is 0 Å². The van der Waals surface area contributed by atoms with Crippen LogP contribution in [0.4, 0.5) is 13.2 Å². The number of rotatable bonds is 3. The van der Waals surface area contributed by atoms with Gasteiger partial charge in [0.05, 0.1) is 0 Å². The van der Waals surface area contributed by atoms with Crippen molar-refractivity contribution < 1.29 is 13.2 Å². The topological polar surface area (TPSA) is 26.0 Å². The van der Waals surface area contributed by atoms with Crippen molar-refractivity contribution in [1.82, 2.24) is 0 Å². The highest BCUT2D eigenvalue weighted by Gasteiger charge is 2.13. The van der Waals surface area contributed by atoms with E-state index in [-0.39, 0.29) is 6.42 Å². The Morgan fingerprint density at radius 2 is 1.58 bits per heavy atom. The molecule has 0 heterocycles. The summed E-state index contributed by atoms with van der Waals surface area (Å²) in [6.07, 6.45) is 0.219. The molecule has 1 unspecified atom stereocenters. The van der Waals surface area contributed by atoms with Gasteiger partial charge in [-0.1, -0.05) is 15.9 Å². The highest BCUT2D eigenvalue weighted by atomic mass is 79.9. The van der Waals surface area contributed by atoms with Gasteiger partial charge in [0, 0.05) is 16.6 Å². The van der Waals surface area contributed by atoms with E-state index in [2.05, 4.69) is 15.9 Å². The van der Waals surface area contributed by atoms with E-state index in [1.807, 2.05) is 0 Å². The van der Waals surface area contributed by atoms with Gasteiger partial charge >= 0.3 is 0 Å². The van der Waals surface area contributed by atoms with Gasteiger partial charge in [-0.05, 0) is 47.9 Å². The van der Waals surface area contributed by atoms with Crippen LogP contribution < -0.4 is 5.73 Å². The summed E-state index contributed by atoms with van der Waals surface area (Å²) in [4.78, 5) is 0. The van der Waals surface area contributed by atoms with Gasteiger partial charge in [0.15, 0.2) is 0 Å². The average molecular weight is 330 g/mol. The van der Waals surface area contributed by atoms with Gasteiger partial charge in [-0.25, -0.2) is 13.2 Å². The molecule has 0 aromatic heterocycles. The molecule has 0 amide bonds. The van der Waals surface area contributed by atoms with E-state index in [1.54, 1.807) is 6.07 Å². The van der Waals surface area contributed by atoms with Crippen LogP contribution in [-0.4, -0.2) is 0 Å². The third-order valence-electron chi connectivity index (χ3n) is 2.74. The Labute approximate surface area is 117 Å². The maximum atomic E-state index is 13.2. The summed E-state index contributed by atoms with van der Waals surface area (Å²) in [5.41, 5.74) is 6.95. The molecule has 0 saturated heterocycles. The molecule has 1 nitrogen and oxygen atoms in total. The second kappa shape index (κ2) is 5.75. The Kier molecular flexibility index (Phi) is 4.27. The standard InChI is InChI=1S/C14H11BrF3N/c15-13-2-1-9(16)7-12(13)14(19)5-8-3-10(17)6-11(18)4-8/h1-4,6-7,14H,5,19H2. The molecule has 5 heteroatoms. The first-order valence-corrected chi connectivity index (χ1v) is 6.40. The molecule has 2 aromatic rings. The lowest BCUT2D eigenvalue weighted by Gasteiger charge is -2.14. The van der Waals surface area contributed by atoms with Crippen LogP contribution in [0.5, 0.6) is 0 Å². The van der Waals surface area contributed by atoms with Crippen LogP contribution in [0.1, 0.15) is 17.2 Å². The molecule has 0 aliphatic heterocycles. The highest BCUT2D eigenvalue weighted by molar-refractivity contribution is 9.10. The minimum atomic E-state index is -0.652. The Balaban J connectivity index is 2.25. The molecular weight excluding hydrogens is 319 g/mol. The summed E-state index contributed by atoms with van der Waals surface area (Å²) in [6.45, 7) is 0. The fourth-order valence-corrected chi connectivity index (χ4v) is 2.43. The van der Waals surface area contributed by atoms with Gasteiger partial charge in [0.1, 0.15) is 17.5 Å². The summed E-state index contributed by atoms with van der Waals surface area (Å²) >= 11 is 3.28. The minimum absolute atomic E-state index is 0.219. The summed E-state index contributed by atoms with van der Waals surface area (Å²) in [6, 6.07) is 6.86. The van der Waals surface area contributed by atoms with Crippen molar-refractivity contribution in [2.24, 2.45) is 5.73 Å². The first kappa shape index (κ1) is 14.1. The molecule has 1 atom stereocenters. The Morgan fingerprint density at radius 3 is 2.21 bits per heavy atom. The first-order valence-electron chi connectivity index (χ1n) is 5.61. The highest BCUT2D eigenvalue weighted by Crippen LogP contribution is 2.25. The Hall–Kier alpha value is -1.33. The summed E-state index contributed by atoms with van der Waals surface area (Å²) in [7, 11) is 0. The normalized spacial score (nSPS) is 12.5. The van der Waals surface area contributed by atoms with Crippen molar-refractivity contribution in [2.45, 2.75) is 12.5 Å². The van der Waals surface area contributed by atoms with Gasteiger partial charge in [-0.2, -0.15) is 0 Å². The monoisotopic (exact) mass is 329 g/mol. The number of hydrogen-bond donors (Lipinski definition) is 1. The molecule has 2 aromatic carbocycles. The predicted octanol–water partition coefficient (Wildman–Crippen LogP) is 4.11. The van der Waals surface area contributed by atoms with Crippen molar-refractivity contribution >= 4 is 15.9 Å². The third-order valence-corrected chi connectivity index (χ3v) is 3.46. The summed E-state index contributed by atoms with van der Waals surface area (Å²) in [5, 5.41) is 0. The molecule has 0 fully saturated rings. The van der Waals surface area contributed by atoms with E-state index in [1.165, 1.54) is 24.3 Å². The van der Waals surface area contributed by atoms with Crippen molar-refractivity contribution in [3.63, 3.8) is 0 Å². The van der Waals surface area contributed by atoms with Crippen LogP contribution >= 0.6 is 15.9 Å². The molecule has 0 saturated carbocycles. The lowest BCUT2D eigenvalue weighted by atomic mass is 9.99. The summed E-state index contributed by atoms with van der Waals surface area (Å²) < 4.78 is 40.0. The third kappa shape index (κ3) is 3.58. The molecular formula is C14H11BrF3N. The smallest absolute Gasteiger partial charge is 0.126 e. The van der Waals surface area contributed by atoms with Crippen LogP contribution in [0.25, 0.3) is 0 Å². The van der Waals surface area contributed by atoms with E-state index in [9.17, 15) is 13.2 Å². The van der Waals surface area contributed by atoms with Gasteiger partial charge < -0.3 is 5.73 Å². The zero-order valence-corrected chi connectivity index (χ0v) is 11.4. The molecule has 0 radical (unpaired) electrons. The molecule has 0 aliphatic rings. The largest absolute Gasteiger partial charge is 0.324 e. The van der Waals surface area contributed by atoms with Crippen LogP contribution in [0, 0.1) is 17.5 Å². The fourth-order valence-electron chi connectivity index (χ4n) is 1.89. The van der Waals surface area contributed by atoms with E-state index < -0.39 is 23.5 Å². The minimum Gasteiger partial charge on any atom is -0.324 e. The lowest BCUT2D eigenvalue weighted by molar-refractivity contribution is 0.575. The van der Waals surface area contributed by atoms with E-state index in [0.29, 0.717) is 15.6 Å². The molecule has 19 heavy (non-hydrogen) atoms. The van der Waals surface area contributed by atoms with Gasteiger partial charge in [0.2, 0.25) is 0 Å². The lowest BCUT2D eigenvalue weighted by Crippen LogP contribution is -2.14. The SMILES string of the molecule is NC(Cc1cc(F)cc(F)c1)c1cc(F)ccc1Br. The number of benzene rings is 2. The van der Waals surface area contributed by atoms with E-state index in [4.69, 9.17) is 5.73 Å². The van der Waals surface area contributed by atoms with Crippen molar-refractivity contribution in [3.05, 3.63) is 69.4 Å².